The molecule has 0 saturated heterocycles. The molecule has 3 N–H and O–H groups in total. The molecule has 1 amide bonds. The predicted octanol–water partition coefficient (Wildman–Crippen LogP) is 2.59. The van der Waals surface area contributed by atoms with E-state index in [4.69, 9.17) is 5.73 Å². The number of aromatic nitrogens is 1. The van der Waals surface area contributed by atoms with Crippen LogP contribution in [0.2, 0.25) is 0 Å². The number of para-hydroxylation sites is 1. The number of carbonyl (C=O) groups excluding carboxylic acids is 1. The van der Waals surface area contributed by atoms with Crippen LogP contribution < -0.4 is 11.1 Å². The second-order valence-corrected chi connectivity index (χ2v) is 4.84. The Morgan fingerprint density at radius 2 is 2.16 bits per heavy atom. The first-order chi connectivity index (χ1) is 9.11. The SMILES string of the molecule is CCC(C)CNC(=O)c1cc(N)c2ccccc2n1. The molecule has 1 aromatic heterocycles. The zero-order valence-electron chi connectivity index (χ0n) is 11.3. The number of amides is 1. The highest BCUT2D eigenvalue weighted by Crippen LogP contribution is 2.19. The van der Waals surface area contributed by atoms with Crippen LogP contribution in [0.5, 0.6) is 0 Å². The molecule has 0 radical (unpaired) electrons. The molecular weight excluding hydrogens is 238 g/mol. The Balaban J connectivity index is 2.23. The van der Waals surface area contributed by atoms with Crippen LogP contribution in [0, 0.1) is 5.92 Å². The number of nitrogens with one attached hydrogen (secondary N) is 1. The largest absolute Gasteiger partial charge is 0.398 e. The van der Waals surface area contributed by atoms with Gasteiger partial charge in [-0.3, -0.25) is 4.79 Å². The van der Waals surface area contributed by atoms with Crippen molar-refractivity contribution in [3.05, 3.63) is 36.0 Å². The average Bonchev–Trinajstić information content (AvgIpc) is 2.44. The molecule has 1 unspecified atom stereocenters. The summed E-state index contributed by atoms with van der Waals surface area (Å²) in [5, 5.41) is 3.76. The first-order valence-electron chi connectivity index (χ1n) is 6.55. The minimum atomic E-state index is -0.169. The molecular formula is C15H19N3O. The highest BCUT2D eigenvalue weighted by Gasteiger charge is 2.11. The maximum atomic E-state index is 12.0. The summed E-state index contributed by atoms with van der Waals surface area (Å²) >= 11 is 0. The highest BCUT2D eigenvalue weighted by molar-refractivity contribution is 5.99. The number of carbonyl (C=O) groups is 1. The van der Waals surface area contributed by atoms with Crippen LogP contribution in [-0.4, -0.2) is 17.4 Å². The van der Waals surface area contributed by atoms with E-state index in [9.17, 15) is 4.79 Å². The number of nitrogen functional groups attached to an aromatic ring is 1. The van der Waals surface area contributed by atoms with E-state index in [1.165, 1.54) is 0 Å². The Morgan fingerprint density at radius 1 is 1.42 bits per heavy atom. The molecule has 4 nitrogen and oxygen atoms in total. The third-order valence-corrected chi connectivity index (χ3v) is 3.29. The summed E-state index contributed by atoms with van der Waals surface area (Å²) in [6, 6.07) is 9.18. The van der Waals surface area contributed by atoms with Crippen molar-refractivity contribution in [3.8, 4) is 0 Å². The molecule has 2 aromatic rings. The Labute approximate surface area is 113 Å². The van der Waals surface area contributed by atoms with E-state index < -0.39 is 0 Å². The molecule has 1 atom stereocenters. The number of hydrogen-bond acceptors (Lipinski definition) is 3. The number of nitrogens with zero attached hydrogens (tertiary/aromatic N) is 1. The summed E-state index contributed by atoms with van der Waals surface area (Å²) in [6.07, 6.45) is 1.04. The minimum Gasteiger partial charge on any atom is -0.398 e. The van der Waals surface area contributed by atoms with E-state index in [1.807, 2.05) is 24.3 Å². The normalized spacial score (nSPS) is 12.3. The van der Waals surface area contributed by atoms with Gasteiger partial charge < -0.3 is 11.1 Å². The van der Waals surface area contributed by atoms with E-state index in [0.29, 0.717) is 23.8 Å². The Kier molecular flexibility index (Phi) is 4.00. The molecule has 0 saturated carbocycles. The maximum absolute atomic E-state index is 12.0. The lowest BCUT2D eigenvalue weighted by atomic mass is 10.1. The van der Waals surface area contributed by atoms with Gasteiger partial charge in [0.25, 0.3) is 5.91 Å². The van der Waals surface area contributed by atoms with E-state index in [-0.39, 0.29) is 5.91 Å². The van der Waals surface area contributed by atoms with Crippen molar-refractivity contribution in [1.82, 2.24) is 10.3 Å². The van der Waals surface area contributed by atoms with Crippen molar-refractivity contribution in [3.63, 3.8) is 0 Å². The van der Waals surface area contributed by atoms with Crippen LogP contribution in [0.15, 0.2) is 30.3 Å². The molecule has 0 bridgehead atoms. The molecule has 1 aromatic carbocycles. The van der Waals surface area contributed by atoms with Crippen LogP contribution >= 0.6 is 0 Å². The quantitative estimate of drug-likeness (QED) is 0.884. The molecule has 2 rings (SSSR count). The smallest absolute Gasteiger partial charge is 0.269 e. The zero-order valence-corrected chi connectivity index (χ0v) is 11.3. The second kappa shape index (κ2) is 5.69. The topological polar surface area (TPSA) is 68.0 Å². The summed E-state index contributed by atoms with van der Waals surface area (Å²) in [5.74, 6) is 0.291. The van der Waals surface area contributed by atoms with Gasteiger partial charge in [0.2, 0.25) is 0 Å². The standard InChI is InChI=1S/C15H19N3O/c1-3-10(2)9-17-15(19)14-8-12(16)11-6-4-5-7-13(11)18-14/h4-8,10H,3,9H2,1-2H3,(H2,16,18)(H,17,19). The van der Waals surface area contributed by atoms with Gasteiger partial charge >= 0.3 is 0 Å². The third-order valence-electron chi connectivity index (χ3n) is 3.29. The van der Waals surface area contributed by atoms with Crippen LogP contribution in [0.4, 0.5) is 5.69 Å². The fourth-order valence-electron chi connectivity index (χ4n) is 1.82. The lowest BCUT2D eigenvalue weighted by Gasteiger charge is -2.10. The first kappa shape index (κ1) is 13.3. The molecule has 0 aliphatic rings. The van der Waals surface area contributed by atoms with E-state index in [0.717, 1.165) is 17.3 Å². The van der Waals surface area contributed by atoms with Crippen LogP contribution in [0.1, 0.15) is 30.8 Å². The number of rotatable bonds is 4. The average molecular weight is 257 g/mol. The van der Waals surface area contributed by atoms with Gasteiger partial charge in [-0.15, -0.1) is 0 Å². The van der Waals surface area contributed by atoms with Crippen molar-refractivity contribution in [2.45, 2.75) is 20.3 Å². The fourth-order valence-corrected chi connectivity index (χ4v) is 1.82. The van der Waals surface area contributed by atoms with Gasteiger partial charge in [-0.25, -0.2) is 4.98 Å². The van der Waals surface area contributed by atoms with Crippen molar-refractivity contribution < 1.29 is 4.79 Å². The van der Waals surface area contributed by atoms with Gasteiger partial charge in [-0.05, 0) is 18.1 Å². The highest BCUT2D eigenvalue weighted by atomic mass is 16.1. The van der Waals surface area contributed by atoms with E-state index in [2.05, 4.69) is 24.1 Å². The Bertz CT molecular complexity index is 595. The number of anilines is 1. The summed E-state index contributed by atoms with van der Waals surface area (Å²) in [7, 11) is 0. The third kappa shape index (κ3) is 3.02. The summed E-state index contributed by atoms with van der Waals surface area (Å²) in [6.45, 7) is 4.86. The molecule has 4 heteroatoms. The summed E-state index contributed by atoms with van der Waals surface area (Å²) in [4.78, 5) is 16.4. The molecule has 1 heterocycles. The lowest BCUT2D eigenvalue weighted by Crippen LogP contribution is -2.28. The molecule has 19 heavy (non-hydrogen) atoms. The monoisotopic (exact) mass is 257 g/mol. The van der Waals surface area contributed by atoms with Crippen LogP contribution in [0.25, 0.3) is 10.9 Å². The van der Waals surface area contributed by atoms with Gasteiger partial charge in [0.15, 0.2) is 0 Å². The van der Waals surface area contributed by atoms with E-state index in [1.54, 1.807) is 6.07 Å². The van der Waals surface area contributed by atoms with Crippen LogP contribution in [0.3, 0.4) is 0 Å². The molecule has 0 aliphatic carbocycles. The van der Waals surface area contributed by atoms with Crippen molar-refractivity contribution in [1.29, 1.82) is 0 Å². The summed E-state index contributed by atoms with van der Waals surface area (Å²) < 4.78 is 0. The number of nitrogens with two attached hydrogens (primary N) is 1. The van der Waals surface area contributed by atoms with Crippen molar-refractivity contribution >= 4 is 22.5 Å². The molecule has 0 fully saturated rings. The first-order valence-corrected chi connectivity index (χ1v) is 6.55. The van der Waals surface area contributed by atoms with Gasteiger partial charge in [-0.1, -0.05) is 38.5 Å². The fraction of sp³-hybridized carbons (Fsp3) is 0.333. The van der Waals surface area contributed by atoms with E-state index >= 15 is 0 Å². The number of benzene rings is 1. The predicted molar refractivity (Wildman–Crippen MR) is 77.9 cm³/mol. The number of pyridine rings is 1. The Morgan fingerprint density at radius 3 is 2.89 bits per heavy atom. The van der Waals surface area contributed by atoms with Gasteiger partial charge in [0.05, 0.1) is 5.52 Å². The molecule has 0 aliphatic heterocycles. The van der Waals surface area contributed by atoms with Gasteiger partial charge in [0, 0.05) is 17.6 Å². The maximum Gasteiger partial charge on any atom is 0.269 e. The summed E-state index contributed by atoms with van der Waals surface area (Å²) in [5.41, 5.74) is 7.66. The van der Waals surface area contributed by atoms with Gasteiger partial charge in [0.1, 0.15) is 5.69 Å². The molecule has 0 spiro atoms. The van der Waals surface area contributed by atoms with Crippen LogP contribution in [-0.2, 0) is 0 Å². The second-order valence-electron chi connectivity index (χ2n) is 4.84. The number of fused-ring (bicyclic) bond motifs is 1. The molecule has 100 valence electrons. The number of hydrogen-bond donors (Lipinski definition) is 2. The van der Waals surface area contributed by atoms with Crippen molar-refractivity contribution in [2.24, 2.45) is 5.92 Å². The zero-order chi connectivity index (χ0) is 13.8. The Hall–Kier alpha value is -2.10. The minimum absolute atomic E-state index is 0.169. The lowest BCUT2D eigenvalue weighted by molar-refractivity contribution is 0.0943. The van der Waals surface area contributed by atoms with Gasteiger partial charge in [-0.2, -0.15) is 0 Å². The van der Waals surface area contributed by atoms with Crippen molar-refractivity contribution in [2.75, 3.05) is 12.3 Å².